The molecular weight excluding hydrogens is 238 g/mol. The van der Waals surface area contributed by atoms with Crippen LogP contribution in [0.3, 0.4) is 0 Å². The number of fused-ring (bicyclic) bond motifs is 1. The number of hydrogen-bond donors (Lipinski definition) is 1. The SMILES string of the molecule is CCCc1nc(-c2cc3sccc3s2)n[nH]1. The first-order chi connectivity index (χ1) is 7.86. The highest BCUT2D eigenvalue weighted by Gasteiger charge is 2.09. The quantitative estimate of drug-likeness (QED) is 0.769. The first-order valence-corrected chi connectivity index (χ1v) is 6.95. The zero-order valence-electron chi connectivity index (χ0n) is 8.86. The lowest BCUT2D eigenvalue weighted by Gasteiger charge is -1.87. The van der Waals surface area contributed by atoms with Crippen molar-refractivity contribution in [3.8, 4) is 10.7 Å². The van der Waals surface area contributed by atoms with Gasteiger partial charge in [0, 0.05) is 15.8 Å². The van der Waals surface area contributed by atoms with Gasteiger partial charge in [0.1, 0.15) is 5.82 Å². The molecule has 0 fully saturated rings. The number of aromatic nitrogens is 3. The number of aryl methyl sites for hydroxylation is 1. The summed E-state index contributed by atoms with van der Waals surface area (Å²) in [6.45, 7) is 2.14. The van der Waals surface area contributed by atoms with Crippen LogP contribution in [0.1, 0.15) is 19.2 Å². The topological polar surface area (TPSA) is 41.6 Å². The number of aromatic amines is 1. The van der Waals surface area contributed by atoms with E-state index in [2.05, 4.69) is 39.6 Å². The van der Waals surface area contributed by atoms with Crippen molar-refractivity contribution < 1.29 is 0 Å². The van der Waals surface area contributed by atoms with Gasteiger partial charge in [0.25, 0.3) is 0 Å². The standard InChI is InChI=1S/C11H11N3S2/c1-2-3-10-12-11(14-13-10)9-6-8-7(16-9)4-5-15-8/h4-6H,2-3H2,1H3,(H,12,13,14). The van der Waals surface area contributed by atoms with Crippen molar-refractivity contribution >= 4 is 32.1 Å². The van der Waals surface area contributed by atoms with E-state index < -0.39 is 0 Å². The Morgan fingerprint density at radius 1 is 1.38 bits per heavy atom. The Hall–Kier alpha value is -1.20. The van der Waals surface area contributed by atoms with Crippen molar-refractivity contribution in [3.05, 3.63) is 23.3 Å². The predicted molar refractivity (Wildman–Crippen MR) is 69.1 cm³/mol. The summed E-state index contributed by atoms with van der Waals surface area (Å²) in [6, 6.07) is 4.32. The lowest BCUT2D eigenvalue weighted by atomic mass is 10.3. The predicted octanol–water partition coefficient (Wildman–Crippen LogP) is 3.70. The first kappa shape index (κ1) is 9.99. The molecule has 0 bridgehead atoms. The fraction of sp³-hybridized carbons (Fsp3) is 0.273. The molecular formula is C11H11N3S2. The highest BCUT2D eigenvalue weighted by molar-refractivity contribution is 7.28. The summed E-state index contributed by atoms with van der Waals surface area (Å²) in [4.78, 5) is 5.65. The molecule has 0 aromatic carbocycles. The fourth-order valence-electron chi connectivity index (χ4n) is 1.63. The molecule has 0 unspecified atom stereocenters. The van der Waals surface area contributed by atoms with E-state index in [1.165, 1.54) is 9.40 Å². The molecule has 0 saturated carbocycles. The molecule has 3 aromatic rings. The fourth-order valence-corrected chi connectivity index (χ4v) is 3.67. The normalized spacial score (nSPS) is 11.3. The van der Waals surface area contributed by atoms with E-state index in [9.17, 15) is 0 Å². The lowest BCUT2D eigenvalue weighted by Crippen LogP contribution is -1.84. The van der Waals surface area contributed by atoms with Crippen LogP contribution < -0.4 is 0 Å². The van der Waals surface area contributed by atoms with Gasteiger partial charge in [-0.05, 0) is 23.9 Å². The zero-order valence-corrected chi connectivity index (χ0v) is 10.5. The number of nitrogens with one attached hydrogen (secondary N) is 1. The Labute approximate surface area is 101 Å². The van der Waals surface area contributed by atoms with Gasteiger partial charge >= 0.3 is 0 Å². The zero-order chi connectivity index (χ0) is 11.0. The van der Waals surface area contributed by atoms with Gasteiger partial charge in [0.15, 0.2) is 5.82 Å². The summed E-state index contributed by atoms with van der Waals surface area (Å²) in [6.07, 6.45) is 2.06. The third-order valence-electron chi connectivity index (χ3n) is 2.38. The number of hydrogen-bond acceptors (Lipinski definition) is 4. The van der Waals surface area contributed by atoms with Crippen LogP contribution in [0.25, 0.3) is 20.1 Å². The number of nitrogens with zero attached hydrogens (tertiary/aromatic N) is 2. The van der Waals surface area contributed by atoms with Gasteiger partial charge in [0.2, 0.25) is 0 Å². The van der Waals surface area contributed by atoms with E-state index >= 15 is 0 Å². The Kier molecular flexibility index (Phi) is 2.49. The molecule has 0 aliphatic rings. The van der Waals surface area contributed by atoms with Gasteiger partial charge in [-0.3, -0.25) is 5.10 Å². The molecule has 82 valence electrons. The molecule has 0 aliphatic carbocycles. The molecule has 3 rings (SSSR count). The summed E-state index contributed by atoms with van der Waals surface area (Å²) in [7, 11) is 0. The van der Waals surface area contributed by atoms with Gasteiger partial charge in [-0.25, -0.2) is 4.98 Å². The van der Waals surface area contributed by atoms with Crippen molar-refractivity contribution in [1.82, 2.24) is 15.2 Å². The largest absolute Gasteiger partial charge is 0.263 e. The minimum atomic E-state index is 0.830. The van der Waals surface area contributed by atoms with Gasteiger partial charge in [-0.15, -0.1) is 22.7 Å². The molecule has 3 heterocycles. The van der Waals surface area contributed by atoms with E-state index in [0.717, 1.165) is 29.4 Å². The monoisotopic (exact) mass is 249 g/mol. The Balaban J connectivity index is 1.98. The third-order valence-corrected chi connectivity index (χ3v) is 4.47. The highest BCUT2D eigenvalue weighted by atomic mass is 32.1. The molecule has 1 N–H and O–H groups in total. The van der Waals surface area contributed by atoms with Gasteiger partial charge < -0.3 is 0 Å². The van der Waals surface area contributed by atoms with Gasteiger partial charge in [-0.2, -0.15) is 5.10 Å². The summed E-state index contributed by atoms with van der Waals surface area (Å²) in [5.74, 6) is 1.81. The molecule has 0 amide bonds. The third kappa shape index (κ3) is 1.66. The van der Waals surface area contributed by atoms with Crippen LogP contribution in [-0.4, -0.2) is 15.2 Å². The molecule has 0 radical (unpaired) electrons. The molecule has 5 heteroatoms. The molecule has 0 saturated heterocycles. The maximum atomic E-state index is 4.49. The van der Waals surface area contributed by atoms with Crippen LogP contribution in [0, 0.1) is 0 Å². The van der Waals surface area contributed by atoms with Gasteiger partial charge in [0.05, 0.1) is 4.88 Å². The molecule has 3 nitrogen and oxygen atoms in total. The van der Waals surface area contributed by atoms with Gasteiger partial charge in [-0.1, -0.05) is 6.92 Å². The molecule has 0 spiro atoms. The average molecular weight is 249 g/mol. The minimum absolute atomic E-state index is 0.830. The number of H-pyrrole nitrogens is 1. The van der Waals surface area contributed by atoms with E-state index in [1.54, 1.807) is 22.7 Å². The number of thiophene rings is 2. The Morgan fingerprint density at radius 3 is 3.12 bits per heavy atom. The molecule has 3 aromatic heterocycles. The number of rotatable bonds is 3. The van der Waals surface area contributed by atoms with E-state index in [-0.39, 0.29) is 0 Å². The van der Waals surface area contributed by atoms with Crippen LogP contribution in [-0.2, 0) is 6.42 Å². The smallest absolute Gasteiger partial charge is 0.191 e. The summed E-state index contributed by atoms with van der Waals surface area (Å²) in [5.41, 5.74) is 0. The molecule has 16 heavy (non-hydrogen) atoms. The van der Waals surface area contributed by atoms with E-state index in [1.807, 2.05) is 0 Å². The van der Waals surface area contributed by atoms with Crippen LogP contribution in [0.2, 0.25) is 0 Å². The van der Waals surface area contributed by atoms with Crippen LogP contribution in [0.4, 0.5) is 0 Å². The highest BCUT2D eigenvalue weighted by Crippen LogP contribution is 2.34. The molecule has 0 atom stereocenters. The average Bonchev–Trinajstić information content (AvgIpc) is 2.88. The second-order valence-corrected chi connectivity index (χ2v) is 5.65. The van der Waals surface area contributed by atoms with Crippen LogP contribution in [0.15, 0.2) is 17.5 Å². The first-order valence-electron chi connectivity index (χ1n) is 5.25. The summed E-state index contributed by atoms with van der Waals surface area (Å²) in [5, 5.41) is 9.37. The maximum absolute atomic E-state index is 4.49. The lowest BCUT2D eigenvalue weighted by molar-refractivity contribution is 0.841. The van der Waals surface area contributed by atoms with Crippen molar-refractivity contribution in [2.75, 3.05) is 0 Å². The summed E-state index contributed by atoms with van der Waals surface area (Å²) < 4.78 is 2.64. The van der Waals surface area contributed by atoms with E-state index in [0.29, 0.717) is 0 Å². The maximum Gasteiger partial charge on any atom is 0.191 e. The second kappa shape index (κ2) is 3.99. The van der Waals surface area contributed by atoms with E-state index in [4.69, 9.17) is 0 Å². The van der Waals surface area contributed by atoms with Crippen LogP contribution >= 0.6 is 22.7 Å². The van der Waals surface area contributed by atoms with Crippen molar-refractivity contribution in [1.29, 1.82) is 0 Å². The van der Waals surface area contributed by atoms with Crippen molar-refractivity contribution in [3.63, 3.8) is 0 Å². The molecule has 0 aliphatic heterocycles. The van der Waals surface area contributed by atoms with Crippen LogP contribution in [0.5, 0.6) is 0 Å². The Morgan fingerprint density at radius 2 is 2.31 bits per heavy atom. The second-order valence-electron chi connectivity index (χ2n) is 3.62. The van der Waals surface area contributed by atoms with Crippen molar-refractivity contribution in [2.45, 2.75) is 19.8 Å². The summed E-state index contributed by atoms with van der Waals surface area (Å²) >= 11 is 3.52. The van der Waals surface area contributed by atoms with Crippen molar-refractivity contribution in [2.24, 2.45) is 0 Å². The minimum Gasteiger partial charge on any atom is -0.263 e. The Bertz CT molecular complexity index is 577.